The molecule has 0 unspecified atom stereocenters. The summed E-state index contributed by atoms with van der Waals surface area (Å²) in [5.74, 6) is 0.426. The van der Waals surface area contributed by atoms with Gasteiger partial charge in [-0.3, -0.25) is 5.10 Å². The largest absolute Gasteiger partial charge is 0.328 e. The van der Waals surface area contributed by atoms with E-state index in [4.69, 9.17) is 5.73 Å². The molecule has 1 aliphatic heterocycles. The lowest BCUT2D eigenvalue weighted by Crippen LogP contribution is -2.42. The fraction of sp³-hybridized carbons (Fsp3) is 0.208. The number of fused-ring (bicyclic) bond motifs is 1. The number of hydrogen-bond donors (Lipinski definition) is 3. The molecular formula is C24H25N7O2S. The second kappa shape index (κ2) is 9.34. The van der Waals surface area contributed by atoms with Gasteiger partial charge in [-0.2, -0.15) is 9.40 Å². The highest BCUT2D eigenvalue weighted by Gasteiger charge is 2.28. The molecule has 174 valence electrons. The third-order valence-electron chi connectivity index (χ3n) is 5.89. The fourth-order valence-electron chi connectivity index (χ4n) is 3.92. The molecule has 2 aromatic carbocycles. The number of H-pyrrole nitrogens is 1. The van der Waals surface area contributed by atoms with E-state index in [2.05, 4.69) is 25.5 Å². The minimum atomic E-state index is -3.51. The van der Waals surface area contributed by atoms with Gasteiger partial charge in [0.05, 0.1) is 16.6 Å². The number of benzene rings is 2. The first-order chi connectivity index (χ1) is 16.5. The summed E-state index contributed by atoms with van der Waals surface area (Å²) in [6.07, 6.45) is 10.6. The van der Waals surface area contributed by atoms with Gasteiger partial charge in [0.15, 0.2) is 0 Å². The molecule has 0 aliphatic carbocycles. The highest BCUT2D eigenvalue weighted by Crippen LogP contribution is 2.23. The van der Waals surface area contributed by atoms with Gasteiger partial charge in [-0.15, -0.1) is 0 Å². The summed E-state index contributed by atoms with van der Waals surface area (Å²) in [6.45, 7) is 0.907. The molecule has 0 spiro atoms. The van der Waals surface area contributed by atoms with E-state index in [1.54, 1.807) is 42.9 Å². The Kier molecular flexibility index (Phi) is 6.10. The minimum absolute atomic E-state index is 0.0747. The molecule has 5 rings (SSSR count). The van der Waals surface area contributed by atoms with Crippen molar-refractivity contribution in [3.63, 3.8) is 0 Å². The number of nitrogens with one attached hydrogen (secondary N) is 2. The lowest BCUT2D eigenvalue weighted by Gasteiger charge is -2.29. The molecule has 3 heterocycles. The molecule has 4 aromatic rings. The lowest BCUT2D eigenvalue weighted by molar-refractivity contribution is 0.320. The first kappa shape index (κ1) is 22.2. The maximum Gasteiger partial charge on any atom is 0.243 e. The Morgan fingerprint density at radius 3 is 2.47 bits per heavy atom. The molecule has 0 atom stereocenters. The first-order valence-corrected chi connectivity index (χ1v) is 12.5. The van der Waals surface area contributed by atoms with E-state index in [1.165, 1.54) is 4.31 Å². The van der Waals surface area contributed by atoms with Gasteiger partial charge in [-0.1, -0.05) is 24.3 Å². The van der Waals surface area contributed by atoms with E-state index in [0.29, 0.717) is 37.6 Å². The van der Waals surface area contributed by atoms with Gasteiger partial charge in [0, 0.05) is 48.2 Å². The predicted molar refractivity (Wildman–Crippen MR) is 133 cm³/mol. The average Bonchev–Trinajstić information content (AvgIpc) is 3.34. The van der Waals surface area contributed by atoms with E-state index in [1.807, 2.05) is 30.4 Å². The number of piperidine rings is 1. The van der Waals surface area contributed by atoms with Crippen molar-refractivity contribution < 1.29 is 8.42 Å². The second-order valence-corrected chi connectivity index (χ2v) is 10.2. The molecule has 1 saturated heterocycles. The summed E-state index contributed by atoms with van der Waals surface area (Å²) in [5.41, 5.74) is 9.49. The summed E-state index contributed by atoms with van der Waals surface area (Å²) in [6, 6.07) is 12.7. The van der Waals surface area contributed by atoms with Crippen molar-refractivity contribution in [1.29, 1.82) is 0 Å². The van der Waals surface area contributed by atoms with Crippen molar-refractivity contribution >= 4 is 44.7 Å². The van der Waals surface area contributed by atoms with Crippen LogP contribution in [0, 0.1) is 0 Å². The Bertz CT molecular complexity index is 1410. The highest BCUT2D eigenvalue weighted by atomic mass is 32.2. The molecule has 0 bridgehead atoms. The van der Waals surface area contributed by atoms with Gasteiger partial charge in [0.1, 0.15) is 0 Å². The van der Waals surface area contributed by atoms with Crippen LogP contribution in [0.3, 0.4) is 0 Å². The molecule has 9 nitrogen and oxygen atoms in total. The van der Waals surface area contributed by atoms with Gasteiger partial charge >= 0.3 is 0 Å². The maximum atomic E-state index is 12.9. The number of anilines is 2. The Hall–Kier alpha value is -3.60. The third kappa shape index (κ3) is 4.69. The zero-order valence-corrected chi connectivity index (χ0v) is 19.2. The standard InChI is InChI=1S/C24H25N7O2S/c25-19-10-12-31(13-11-19)34(32,33)21-8-6-20(7-9-21)29-24-26-14-17(15-27-24)4-5-18-2-1-3-23-22(18)16-28-30-23/h1-9,14-16,19H,10-13,25H2,(H,28,30)(H,26,27,29). The van der Waals surface area contributed by atoms with Gasteiger partial charge in [-0.05, 0) is 48.7 Å². The Morgan fingerprint density at radius 2 is 1.74 bits per heavy atom. The van der Waals surface area contributed by atoms with Crippen LogP contribution in [0.1, 0.15) is 24.0 Å². The molecule has 4 N–H and O–H groups in total. The van der Waals surface area contributed by atoms with Crippen molar-refractivity contribution in [2.45, 2.75) is 23.8 Å². The molecule has 1 fully saturated rings. The summed E-state index contributed by atoms with van der Waals surface area (Å²) in [4.78, 5) is 8.99. The topological polar surface area (TPSA) is 130 Å². The second-order valence-electron chi connectivity index (χ2n) is 8.24. The van der Waals surface area contributed by atoms with Crippen LogP contribution in [-0.2, 0) is 10.0 Å². The van der Waals surface area contributed by atoms with Crippen LogP contribution in [0.4, 0.5) is 11.6 Å². The molecule has 34 heavy (non-hydrogen) atoms. The van der Waals surface area contributed by atoms with Crippen LogP contribution >= 0.6 is 0 Å². The normalized spacial score (nSPS) is 15.8. The smallest absolute Gasteiger partial charge is 0.243 e. The van der Waals surface area contributed by atoms with Crippen molar-refractivity contribution in [2.24, 2.45) is 5.73 Å². The number of nitrogens with two attached hydrogens (primary N) is 1. The highest BCUT2D eigenvalue weighted by molar-refractivity contribution is 7.89. The van der Waals surface area contributed by atoms with E-state index < -0.39 is 10.0 Å². The number of rotatable bonds is 6. The maximum absolute atomic E-state index is 12.9. The number of aromatic amines is 1. The van der Waals surface area contributed by atoms with Crippen molar-refractivity contribution in [2.75, 3.05) is 18.4 Å². The Labute approximate surface area is 197 Å². The summed E-state index contributed by atoms with van der Waals surface area (Å²) < 4.78 is 27.2. The lowest BCUT2D eigenvalue weighted by atomic mass is 10.1. The van der Waals surface area contributed by atoms with Crippen LogP contribution in [0.2, 0.25) is 0 Å². The summed E-state index contributed by atoms with van der Waals surface area (Å²) >= 11 is 0. The summed E-state index contributed by atoms with van der Waals surface area (Å²) in [7, 11) is -3.51. The first-order valence-electron chi connectivity index (χ1n) is 11.0. The molecular weight excluding hydrogens is 450 g/mol. The molecule has 2 aromatic heterocycles. The SMILES string of the molecule is NC1CCN(S(=O)(=O)c2ccc(Nc3ncc(C=Cc4cccc5[nH]ncc45)cn3)cc2)CC1. The van der Waals surface area contributed by atoms with Crippen LogP contribution in [0.5, 0.6) is 0 Å². The average molecular weight is 476 g/mol. The van der Waals surface area contributed by atoms with Gasteiger partial charge in [0.25, 0.3) is 0 Å². The van der Waals surface area contributed by atoms with E-state index in [0.717, 1.165) is 22.0 Å². The van der Waals surface area contributed by atoms with Crippen LogP contribution < -0.4 is 11.1 Å². The van der Waals surface area contributed by atoms with E-state index >= 15 is 0 Å². The monoisotopic (exact) mass is 475 g/mol. The molecule has 0 saturated carbocycles. The van der Waals surface area contributed by atoms with E-state index in [9.17, 15) is 8.42 Å². The van der Waals surface area contributed by atoms with Crippen LogP contribution in [0.15, 0.2) is 66.0 Å². The molecule has 0 radical (unpaired) electrons. The number of aromatic nitrogens is 4. The van der Waals surface area contributed by atoms with Crippen LogP contribution in [0.25, 0.3) is 23.1 Å². The number of sulfonamides is 1. The number of hydrogen-bond acceptors (Lipinski definition) is 7. The van der Waals surface area contributed by atoms with Crippen LogP contribution in [-0.4, -0.2) is 52.0 Å². The Morgan fingerprint density at radius 1 is 1.00 bits per heavy atom. The quantitative estimate of drug-likeness (QED) is 0.390. The zero-order chi connectivity index (χ0) is 23.5. The van der Waals surface area contributed by atoms with Crippen molar-refractivity contribution in [3.8, 4) is 0 Å². The molecule has 0 amide bonds. The zero-order valence-electron chi connectivity index (χ0n) is 18.4. The van der Waals surface area contributed by atoms with Gasteiger partial charge < -0.3 is 11.1 Å². The fourth-order valence-corrected chi connectivity index (χ4v) is 5.39. The van der Waals surface area contributed by atoms with E-state index in [-0.39, 0.29) is 10.9 Å². The molecule has 1 aliphatic rings. The third-order valence-corrected chi connectivity index (χ3v) is 7.81. The Balaban J connectivity index is 1.24. The minimum Gasteiger partial charge on any atom is -0.328 e. The molecule has 10 heteroatoms. The van der Waals surface area contributed by atoms with Crippen molar-refractivity contribution in [1.82, 2.24) is 24.5 Å². The summed E-state index contributed by atoms with van der Waals surface area (Å²) in [5, 5.41) is 11.2. The van der Waals surface area contributed by atoms with Crippen molar-refractivity contribution in [3.05, 3.63) is 72.2 Å². The number of nitrogens with zero attached hydrogens (tertiary/aromatic N) is 4. The van der Waals surface area contributed by atoms with Gasteiger partial charge in [0.2, 0.25) is 16.0 Å². The predicted octanol–water partition coefficient (Wildman–Crippen LogP) is 3.38. The van der Waals surface area contributed by atoms with Gasteiger partial charge in [-0.25, -0.2) is 18.4 Å².